The van der Waals surface area contributed by atoms with Gasteiger partial charge in [0.15, 0.2) is 0 Å². The van der Waals surface area contributed by atoms with Crippen molar-refractivity contribution in [3.63, 3.8) is 0 Å². The van der Waals surface area contributed by atoms with Gasteiger partial charge in [-0.05, 0) is 44.1 Å². The van der Waals surface area contributed by atoms with E-state index in [9.17, 15) is 8.78 Å². The fourth-order valence-electron chi connectivity index (χ4n) is 2.66. The molecule has 1 aromatic carbocycles. The van der Waals surface area contributed by atoms with E-state index in [2.05, 4.69) is 21.9 Å². The van der Waals surface area contributed by atoms with Crippen LogP contribution in [0.2, 0.25) is 5.02 Å². The molecule has 0 spiro atoms. The minimum atomic E-state index is -2.82. The molecule has 1 aliphatic heterocycles. The van der Waals surface area contributed by atoms with Gasteiger partial charge in [-0.25, -0.2) is 0 Å². The molecule has 1 aliphatic rings. The normalized spacial score (nSPS) is 20.0. The van der Waals surface area contributed by atoms with E-state index in [1.165, 1.54) is 6.07 Å². The Bertz CT molecular complexity index is 459. The molecule has 1 aromatic rings. The van der Waals surface area contributed by atoms with Gasteiger partial charge in [-0.1, -0.05) is 18.5 Å². The lowest BCUT2D eigenvalue weighted by Crippen LogP contribution is -2.45. The number of halogens is 3. The number of piperidine rings is 1. The van der Waals surface area contributed by atoms with E-state index in [4.69, 9.17) is 11.6 Å². The molecular weight excluding hydrogens is 298 g/mol. The molecule has 6 heteroatoms. The van der Waals surface area contributed by atoms with Gasteiger partial charge >= 0.3 is 6.61 Å². The molecule has 3 nitrogen and oxygen atoms in total. The van der Waals surface area contributed by atoms with Crippen molar-refractivity contribution in [1.82, 2.24) is 10.2 Å². The summed E-state index contributed by atoms with van der Waals surface area (Å²) in [6.45, 7) is 2.96. The number of ether oxygens (including phenoxy) is 1. The molecule has 0 aromatic heterocycles. The van der Waals surface area contributed by atoms with Crippen molar-refractivity contribution < 1.29 is 13.5 Å². The van der Waals surface area contributed by atoms with Crippen LogP contribution in [0.3, 0.4) is 0 Å². The van der Waals surface area contributed by atoms with Gasteiger partial charge in [0.2, 0.25) is 0 Å². The van der Waals surface area contributed by atoms with Gasteiger partial charge in [-0.15, -0.1) is 0 Å². The number of nitrogens with zero attached hydrogens (tertiary/aromatic N) is 1. The second kappa shape index (κ2) is 7.92. The molecule has 2 rings (SSSR count). The van der Waals surface area contributed by atoms with E-state index < -0.39 is 6.61 Å². The monoisotopic (exact) mass is 318 g/mol. The van der Waals surface area contributed by atoms with Crippen molar-refractivity contribution >= 4 is 11.6 Å². The SMILES string of the molecule is CCN1CCCC(NCc2cc(Cl)ccc2OC(F)F)C1. The van der Waals surface area contributed by atoms with Crippen molar-refractivity contribution in [2.24, 2.45) is 0 Å². The molecule has 1 saturated heterocycles. The number of nitrogens with one attached hydrogen (secondary N) is 1. The highest BCUT2D eigenvalue weighted by molar-refractivity contribution is 6.30. The van der Waals surface area contributed by atoms with Crippen LogP contribution in [0.25, 0.3) is 0 Å². The van der Waals surface area contributed by atoms with Gasteiger partial charge in [-0.2, -0.15) is 8.78 Å². The lowest BCUT2D eigenvalue weighted by molar-refractivity contribution is -0.0505. The van der Waals surface area contributed by atoms with Crippen molar-refractivity contribution in [2.45, 2.75) is 39.0 Å². The number of hydrogen-bond acceptors (Lipinski definition) is 3. The third kappa shape index (κ3) is 5.09. The fourth-order valence-corrected chi connectivity index (χ4v) is 2.86. The Morgan fingerprint density at radius 3 is 3.00 bits per heavy atom. The number of hydrogen-bond donors (Lipinski definition) is 1. The van der Waals surface area contributed by atoms with Crippen LogP contribution in [0.15, 0.2) is 18.2 Å². The predicted molar refractivity (Wildman–Crippen MR) is 80.1 cm³/mol. The average molecular weight is 319 g/mol. The standard InChI is InChI=1S/C15H21ClF2N2O/c1-2-20-7-3-4-13(10-20)19-9-11-8-12(16)5-6-14(11)21-15(17)18/h5-6,8,13,15,19H,2-4,7,9-10H2,1H3. The lowest BCUT2D eigenvalue weighted by Gasteiger charge is -2.32. The summed E-state index contributed by atoms with van der Waals surface area (Å²) >= 11 is 5.94. The van der Waals surface area contributed by atoms with Crippen LogP contribution in [0.5, 0.6) is 5.75 Å². The fraction of sp³-hybridized carbons (Fsp3) is 0.600. The second-order valence-electron chi connectivity index (χ2n) is 5.24. The summed E-state index contributed by atoms with van der Waals surface area (Å²) in [6, 6.07) is 5.09. The van der Waals surface area contributed by atoms with Gasteiger partial charge in [0.1, 0.15) is 5.75 Å². The summed E-state index contributed by atoms with van der Waals surface area (Å²) in [5.41, 5.74) is 0.663. The molecule has 1 N–H and O–H groups in total. The maximum atomic E-state index is 12.4. The summed E-state index contributed by atoms with van der Waals surface area (Å²) in [5.74, 6) is 0.185. The van der Waals surface area contributed by atoms with Crippen molar-refractivity contribution in [3.8, 4) is 5.75 Å². The molecule has 0 bridgehead atoms. The first kappa shape index (κ1) is 16.5. The van der Waals surface area contributed by atoms with Crippen molar-refractivity contribution in [1.29, 1.82) is 0 Å². The minimum Gasteiger partial charge on any atom is -0.434 e. The Balaban J connectivity index is 1.96. The zero-order valence-electron chi connectivity index (χ0n) is 12.1. The summed E-state index contributed by atoms with van der Waals surface area (Å²) in [4.78, 5) is 2.38. The number of likely N-dealkylation sites (N-methyl/N-ethyl adjacent to an activating group) is 1. The smallest absolute Gasteiger partial charge is 0.387 e. The van der Waals surface area contributed by atoms with E-state index in [0.29, 0.717) is 23.2 Å². The Morgan fingerprint density at radius 2 is 2.29 bits per heavy atom. The van der Waals surface area contributed by atoms with Gasteiger partial charge in [0.25, 0.3) is 0 Å². The highest BCUT2D eigenvalue weighted by atomic mass is 35.5. The molecule has 118 valence electrons. The molecule has 0 saturated carbocycles. The van der Waals surface area contributed by atoms with Crippen LogP contribution >= 0.6 is 11.6 Å². The zero-order chi connectivity index (χ0) is 15.2. The topological polar surface area (TPSA) is 24.5 Å². The minimum absolute atomic E-state index is 0.185. The Labute approximate surface area is 129 Å². The first-order chi connectivity index (χ1) is 10.1. The maximum Gasteiger partial charge on any atom is 0.387 e. The van der Waals surface area contributed by atoms with E-state index in [-0.39, 0.29) is 5.75 Å². The van der Waals surface area contributed by atoms with E-state index >= 15 is 0 Å². The van der Waals surface area contributed by atoms with Crippen molar-refractivity contribution in [2.75, 3.05) is 19.6 Å². The van der Waals surface area contributed by atoms with E-state index in [0.717, 1.165) is 32.5 Å². The molecule has 0 amide bonds. The molecule has 1 atom stereocenters. The Hall–Kier alpha value is -0.910. The molecule has 1 heterocycles. The van der Waals surface area contributed by atoms with Crippen LogP contribution in [-0.2, 0) is 6.54 Å². The molecule has 0 aliphatic carbocycles. The Kier molecular flexibility index (Phi) is 6.21. The highest BCUT2D eigenvalue weighted by Gasteiger charge is 2.19. The number of benzene rings is 1. The van der Waals surface area contributed by atoms with Crippen LogP contribution in [0.1, 0.15) is 25.3 Å². The molecule has 1 fully saturated rings. The largest absolute Gasteiger partial charge is 0.434 e. The molecule has 21 heavy (non-hydrogen) atoms. The first-order valence-electron chi connectivity index (χ1n) is 7.27. The van der Waals surface area contributed by atoms with Gasteiger partial charge in [0.05, 0.1) is 0 Å². The van der Waals surface area contributed by atoms with Gasteiger partial charge in [-0.3, -0.25) is 0 Å². The third-order valence-corrected chi connectivity index (χ3v) is 4.01. The van der Waals surface area contributed by atoms with Crippen LogP contribution < -0.4 is 10.1 Å². The average Bonchev–Trinajstić information content (AvgIpc) is 2.47. The zero-order valence-corrected chi connectivity index (χ0v) is 12.9. The van der Waals surface area contributed by atoms with E-state index in [1.807, 2.05) is 0 Å². The summed E-state index contributed by atoms with van der Waals surface area (Å²) in [6.07, 6.45) is 2.25. The maximum absolute atomic E-state index is 12.4. The summed E-state index contributed by atoms with van der Waals surface area (Å²) < 4.78 is 29.4. The van der Waals surface area contributed by atoms with Crippen LogP contribution in [0.4, 0.5) is 8.78 Å². The number of likely N-dealkylation sites (tertiary alicyclic amines) is 1. The highest BCUT2D eigenvalue weighted by Crippen LogP contribution is 2.25. The molecule has 1 unspecified atom stereocenters. The van der Waals surface area contributed by atoms with Crippen LogP contribution in [-0.4, -0.2) is 37.2 Å². The van der Waals surface area contributed by atoms with Crippen molar-refractivity contribution in [3.05, 3.63) is 28.8 Å². The number of rotatable bonds is 6. The first-order valence-corrected chi connectivity index (χ1v) is 7.65. The summed E-state index contributed by atoms with van der Waals surface area (Å²) in [7, 11) is 0. The number of alkyl halides is 2. The quantitative estimate of drug-likeness (QED) is 0.868. The predicted octanol–water partition coefficient (Wildman–Crippen LogP) is 3.52. The Morgan fingerprint density at radius 1 is 1.48 bits per heavy atom. The molecule has 0 radical (unpaired) electrons. The second-order valence-corrected chi connectivity index (χ2v) is 5.68. The molecular formula is C15H21ClF2N2O. The van der Waals surface area contributed by atoms with E-state index in [1.54, 1.807) is 12.1 Å². The summed E-state index contributed by atoms with van der Waals surface area (Å²) in [5, 5.41) is 3.94. The van der Waals surface area contributed by atoms with Crippen LogP contribution in [0, 0.1) is 0 Å². The third-order valence-electron chi connectivity index (χ3n) is 3.77. The van der Waals surface area contributed by atoms with Gasteiger partial charge < -0.3 is 15.0 Å². The lowest BCUT2D eigenvalue weighted by atomic mass is 10.1. The van der Waals surface area contributed by atoms with Gasteiger partial charge in [0, 0.05) is 29.7 Å².